The molecule has 0 unspecified atom stereocenters. The minimum absolute atomic E-state index is 0.319. The molecule has 0 aliphatic rings. The first-order chi connectivity index (χ1) is 6.12. The Labute approximate surface area is 86.4 Å². The van der Waals surface area contributed by atoms with Gasteiger partial charge in [0, 0.05) is 27.4 Å². The second kappa shape index (κ2) is 6.85. The predicted octanol–water partition coefficient (Wildman–Crippen LogP) is 1.40. The number of carbonyl (C=O) groups excluding carboxylic acids is 1. The van der Waals surface area contributed by atoms with E-state index < -0.39 is 7.29 Å². The molecular formula is C8H21N2O3P. The van der Waals surface area contributed by atoms with Crippen LogP contribution >= 0.6 is 7.29 Å². The van der Waals surface area contributed by atoms with Gasteiger partial charge in [-0.2, -0.15) is 0 Å². The van der Waals surface area contributed by atoms with E-state index >= 15 is 0 Å². The third-order valence-corrected chi connectivity index (χ3v) is 3.43. The van der Waals surface area contributed by atoms with Gasteiger partial charge in [0.15, 0.2) is 0 Å². The van der Waals surface area contributed by atoms with Crippen LogP contribution in [0.1, 0.15) is 0 Å². The monoisotopic (exact) mass is 224 g/mol. The van der Waals surface area contributed by atoms with Crippen LogP contribution in [0.4, 0.5) is 4.79 Å². The highest BCUT2D eigenvalue weighted by Crippen LogP contribution is 2.37. The Hall–Kier alpha value is -0.540. The molecule has 0 aromatic heterocycles. The highest BCUT2D eigenvalue weighted by atomic mass is 31.2. The van der Waals surface area contributed by atoms with Crippen molar-refractivity contribution in [2.45, 2.75) is 0 Å². The van der Waals surface area contributed by atoms with Crippen molar-refractivity contribution >= 4 is 13.4 Å². The lowest BCUT2D eigenvalue weighted by atomic mass is 10.9. The molecule has 0 heterocycles. The average Bonchev–Trinajstić information content (AvgIpc) is 2.02. The number of carbonyl (C=O) groups is 1. The number of nitrogens with zero attached hydrogens (tertiary/aromatic N) is 2. The molecule has 0 bridgehead atoms. The van der Waals surface area contributed by atoms with Gasteiger partial charge in [-0.25, -0.2) is 4.79 Å². The lowest BCUT2D eigenvalue weighted by Crippen LogP contribution is -2.20. The van der Waals surface area contributed by atoms with Gasteiger partial charge in [-0.1, -0.05) is 0 Å². The molecule has 14 heavy (non-hydrogen) atoms. The predicted molar refractivity (Wildman–Crippen MR) is 59.2 cm³/mol. The molecule has 0 radical (unpaired) electrons. The standard InChI is InChI=1S/C4H9NO2.C4H12NOP/c1-5(2)4(6)7-3;1-5(2)7(3,4)6/h1-3H3;1-4H3. The molecule has 0 aliphatic carbocycles. The van der Waals surface area contributed by atoms with Crippen molar-refractivity contribution in [3.05, 3.63) is 0 Å². The molecule has 0 aromatic carbocycles. The zero-order chi connectivity index (χ0) is 11.9. The van der Waals surface area contributed by atoms with E-state index in [2.05, 4.69) is 4.74 Å². The first kappa shape index (κ1) is 15.9. The Bertz CT molecular complexity index is 211. The maximum absolute atomic E-state index is 10.8. The number of methoxy groups -OCH3 is 1. The van der Waals surface area contributed by atoms with Crippen LogP contribution in [0.5, 0.6) is 0 Å². The molecule has 0 spiro atoms. The average molecular weight is 224 g/mol. The van der Waals surface area contributed by atoms with Crippen molar-refractivity contribution in [3.63, 3.8) is 0 Å². The highest BCUT2D eigenvalue weighted by molar-refractivity contribution is 7.59. The Balaban J connectivity index is 0. The first-order valence-corrected chi connectivity index (χ1v) is 6.66. The smallest absolute Gasteiger partial charge is 0.408 e. The molecule has 86 valence electrons. The molecule has 6 heteroatoms. The van der Waals surface area contributed by atoms with Crippen molar-refractivity contribution in [2.24, 2.45) is 0 Å². The Morgan fingerprint density at radius 3 is 1.43 bits per heavy atom. The SMILES string of the molecule is CN(C)P(C)(C)=O.COC(=O)N(C)C. The number of ether oxygens (including phenoxy) is 1. The minimum Gasteiger partial charge on any atom is -0.453 e. The molecule has 0 saturated carbocycles. The van der Waals surface area contributed by atoms with E-state index in [1.807, 2.05) is 14.1 Å². The van der Waals surface area contributed by atoms with E-state index in [-0.39, 0.29) is 6.09 Å². The van der Waals surface area contributed by atoms with Crippen molar-refractivity contribution in [1.82, 2.24) is 9.57 Å². The lowest BCUT2D eigenvalue weighted by Gasteiger charge is -2.13. The topological polar surface area (TPSA) is 49.9 Å². The highest BCUT2D eigenvalue weighted by Gasteiger charge is 2.07. The van der Waals surface area contributed by atoms with Gasteiger partial charge in [-0.15, -0.1) is 0 Å². The fraction of sp³-hybridized carbons (Fsp3) is 0.875. The molecule has 0 N–H and O–H groups in total. The summed E-state index contributed by atoms with van der Waals surface area (Å²) in [6.07, 6.45) is -0.319. The number of amides is 1. The molecule has 0 atom stereocenters. The third-order valence-electron chi connectivity index (χ3n) is 1.50. The molecule has 1 amide bonds. The molecule has 0 aromatic rings. The van der Waals surface area contributed by atoms with Gasteiger partial charge in [0.05, 0.1) is 7.11 Å². The van der Waals surface area contributed by atoms with Gasteiger partial charge >= 0.3 is 6.09 Å². The zero-order valence-corrected chi connectivity index (χ0v) is 11.0. The summed E-state index contributed by atoms with van der Waals surface area (Å²) < 4.78 is 16.9. The summed E-state index contributed by atoms with van der Waals surface area (Å²) in [7, 11) is 6.35. The van der Waals surface area contributed by atoms with Crippen LogP contribution in [0.25, 0.3) is 0 Å². The first-order valence-electron chi connectivity index (χ1n) is 4.11. The summed E-state index contributed by atoms with van der Waals surface area (Å²) in [5, 5.41) is 0. The van der Waals surface area contributed by atoms with E-state index in [0.29, 0.717) is 0 Å². The summed E-state index contributed by atoms with van der Waals surface area (Å²) in [6.45, 7) is 3.49. The molecular weight excluding hydrogens is 203 g/mol. The number of hydrogen-bond donors (Lipinski definition) is 0. The fourth-order valence-electron chi connectivity index (χ4n) is 0.183. The zero-order valence-electron chi connectivity index (χ0n) is 10.1. The maximum atomic E-state index is 10.8. The van der Waals surface area contributed by atoms with E-state index in [1.54, 1.807) is 32.1 Å². The Kier molecular flexibility index (Phi) is 7.78. The van der Waals surface area contributed by atoms with Gasteiger partial charge in [-0.05, 0) is 14.1 Å². The summed E-state index contributed by atoms with van der Waals surface area (Å²) in [5.41, 5.74) is 0. The van der Waals surface area contributed by atoms with E-state index in [0.717, 1.165) is 0 Å². The normalized spacial score (nSPS) is 10.3. The maximum Gasteiger partial charge on any atom is 0.408 e. The van der Waals surface area contributed by atoms with Crippen LogP contribution in [0.15, 0.2) is 0 Å². The van der Waals surface area contributed by atoms with E-state index in [9.17, 15) is 9.36 Å². The van der Waals surface area contributed by atoms with Gasteiger partial charge in [0.25, 0.3) is 0 Å². The van der Waals surface area contributed by atoms with Gasteiger partial charge < -0.3 is 14.2 Å². The van der Waals surface area contributed by atoms with E-state index in [1.165, 1.54) is 12.0 Å². The molecule has 0 fully saturated rings. The summed E-state index contributed by atoms with van der Waals surface area (Å²) in [6, 6.07) is 0. The van der Waals surface area contributed by atoms with Crippen molar-refractivity contribution in [1.29, 1.82) is 0 Å². The Morgan fingerprint density at radius 1 is 1.14 bits per heavy atom. The van der Waals surface area contributed by atoms with Crippen LogP contribution in [0.3, 0.4) is 0 Å². The van der Waals surface area contributed by atoms with Crippen LogP contribution in [0.2, 0.25) is 0 Å². The Morgan fingerprint density at radius 2 is 1.43 bits per heavy atom. The molecule has 0 rings (SSSR count). The summed E-state index contributed by atoms with van der Waals surface area (Å²) in [5.74, 6) is 0. The van der Waals surface area contributed by atoms with Gasteiger partial charge in [0.1, 0.15) is 7.29 Å². The second-order valence-corrected chi connectivity index (χ2v) is 6.89. The summed E-state index contributed by atoms with van der Waals surface area (Å²) >= 11 is 0. The van der Waals surface area contributed by atoms with Crippen LogP contribution in [-0.2, 0) is 9.30 Å². The fourth-order valence-corrected chi connectivity index (χ4v) is 0.183. The molecule has 0 saturated heterocycles. The summed E-state index contributed by atoms with van der Waals surface area (Å²) in [4.78, 5) is 11.6. The van der Waals surface area contributed by atoms with Crippen molar-refractivity contribution in [2.75, 3.05) is 48.6 Å². The second-order valence-electron chi connectivity index (χ2n) is 3.51. The third kappa shape index (κ3) is 9.55. The number of hydrogen-bond acceptors (Lipinski definition) is 3. The van der Waals surface area contributed by atoms with Crippen molar-refractivity contribution < 1.29 is 14.1 Å². The van der Waals surface area contributed by atoms with Crippen LogP contribution in [-0.4, -0.2) is 64.3 Å². The molecule has 0 aliphatic heterocycles. The van der Waals surface area contributed by atoms with Crippen LogP contribution in [0, 0.1) is 0 Å². The van der Waals surface area contributed by atoms with Crippen molar-refractivity contribution in [3.8, 4) is 0 Å². The van der Waals surface area contributed by atoms with Gasteiger partial charge in [-0.3, -0.25) is 4.67 Å². The quantitative estimate of drug-likeness (QED) is 0.632. The molecule has 5 nitrogen and oxygen atoms in total. The van der Waals surface area contributed by atoms with E-state index in [4.69, 9.17) is 0 Å². The van der Waals surface area contributed by atoms with Gasteiger partial charge in [0.2, 0.25) is 0 Å². The van der Waals surface area contributed by atoms with Crippen LogP contribution < -0.4 is 0 Å². The minimum atomic E-state index is -1.90. The number of rotatable bonds is 1. The lowest BCUT2D eigenvalue weighted by molar-refractivity contribution is 0.141. The largest absolute Gasteiger partial charge is 0.453 e.